The summed E-state index contributed by atoms with van der Waals surface area (Å²) >= 11 is 7.47. The van der Waals surface area contributed by atoms with Crippen LogP contribution < -0.4 is 9.47 Å². The number of benzene rings is 3. The predicted molar refractivity (Wildman–Crippen MR) is 147 cm³/mol. The van der Waals surface area contributed by atoms with Gasteiger partial charge in [-0.05, 0) is 35.7 Å². The van der Waals surface area contributed by atoms with Crippen LogP contribution in [0.5, 0.6) is 0 Å². The summed E-state index contributed by atoms with van der Waals surface area (Å²) in [5.74, 6) is -1.70. The van der Waals surface area contributed by atoms with Crippen molar-refractivity contribution in [3.63, 3.8) is 0 Å². The van der Waals surface area contributed by atoms with Gasteiger partial charge in [-0.2, -0.15) is 8.42 Å². The van der Waals surface area contributed by atoms with Crippen LogP contribution in [0.4, 0.5) is 5.69 Å². The number of hydrogen-bond acceptors (Lipinski definition) is 7. The van der Waals surface area contributed by atoms with E-state index in [4.69, 9.17) is 16.0 Å². The summed E-state index contributed by atoms with van der Waals surface area (Å²) in [5, 5.41) is 2.44. The largest absolute Gasteiger partial charge is 0.398 e. The third-order valence-electron chi connectivity index (χ3n) is 5.76. The summed E-state index contributed by atoms with van der Waals surface area (Å²) in [6, 6.07) is 16.0. The monoisotopic (exact) mass is 594 g/mol. The van der Waals surface area contributed by atoms with Crippen molar-refractivity contribution in [3.05, 3.63) is 70.5 Å². The molecule has 5 rings (SSSR count). The quantitative estimate of drug-likeness (QED) is 0.238. The normalized spacial score (nSPS) is 16.2. The molecule has 0 saturated carbocycles. The molecule has 10 nitrogen and oxygen atoms in total. The molecule has 1 aliphatic rings. The molecule has 0 bridgehead atoms. The molecule has 14 heteroatoms. The average molecular weight is 595 g/mol. The molecule has 38 heavy (non-hydrogen) atoms. The molecule has 2 N–H and O–H groups in total. The maximum Gasteiger partial charge on any atom is 0.377 e. The van der Waals surface area contributed by atoms with E-state index in [9.17, 15) is 26.5 Å². The Kier molecular flexibility index (Phi) is 7.00. The fraction of sp³-hybridized carbons (Fsp3) is 0.167. The number of rotatable bonds is 6. The molecule has 3 aromatic carbocycles. The van der Waals surface area contributed by atoms with Crippen LogP contribution >= 0.6 is 23.4 Å². The summed E-state index contributed by atoms with van der Waals surface area (Å²) in [6.45, 7) is 1.08. The van der Waals surface area contributed by atoms with Gasteiger partial charge < -0.3 is 13.9 Å². The number of carbonyl (C=O) groups is 1. The van der Waals surface area contributed by atoms with Crippen LogP contribution in [-0.4, -0.2) is 39.9 Å². The van der Waals surface area contributed by atoms with Crippen molar-refractivity contribution in [1.29, 1.82) is 0 Å². The first-order chi connectivity index (χ1) is 17.9. The van der Waals surface area contributed by atoms with Crippen molar-refractivity contribution < 1.29 is 35.5 Å². The van der Waals surface area contributed by atoms with Gasteiger partial charge in [-0.1, -0.05) is 54.6 Å². The van der Waals surface area contributed by atoms with E-state index in [0.717, 1.165) is 15.7 Å². The van der Waals surface area contributed by atoms with Gasteiger partial charge in [0.1, 0.15) is 6.54 Å². The van der Waals surface area contributed by atoms with E-state index >= 15 is 0 Å². The standard InChI is InChI=1S/C24H20ClN3O7S3/c1-2-37(30,31)26-21(29)13-27-18-11-16(25)8-10-20(18)36-23(27)12-22-28(14-38(32,33)34)24-17-6-4-3-5-15(17)7-9-19(24)35-22/h3-12H,2,13-14H2,1H3,(H-,26,29,30,31,32,33,34)/p+1. The SMILES string of the molecule is CCS(=O)(O)=NC(=O)CN1C(=Cc2oc3ccc4ccccc4c3[n+]2CS(=O)(=O)O)Sc2ccc(Cl)cc21. The number of amides is 1. The van der Waals surface area contributed by atoms with Crippen LogP contribution in [0, 0.1) is 0 Å². The fourth-order valence-electron chi connectivity index (χ4n) is 4.11. The van der Waals surface area contributed by atoms with Crippen molar-refractivity contribution in [1.82, 2.24) is 0 Å². The van der Waals surface area contributed by atoms with Crippen LogP contribution in [0.1, 0.15) is 12.8 Å². The summed E-state index contributed by atoms with van der Waals surface area (Å²) in [7, 11) is -8.13. The maximum atomic E-state index is 12.7. The second-order valence-corrected chi connectivity index (χ2v) is 13.3. The minimum atomic E-state index is -4.47. The highest BCUT2D eigenvalue weighted by atomic mass is 35.5. The van der Waals surface area contributed by atoms with E-state index in [1.807, 2.05) is 30.3 Å². The van der Waals surface area contributed by atoms with Crippen LogP contribution in [-0.2, 0) is 30.8 Å². The van der Waals surface area contributed by atoms with Gasteiger partial charge in [-0.15, -0.1) is 8.93 Å². The molecule has 1 aromatic heterocycles. The summed E-state index contributed by atoms with van der Waals surface area (Å²) < 4.78 is 66.4. The smallest absolute Gasteiger partial charge is 0.377 e. The Morgan fingerprint density at radius 3 is 2.66 bits per heavy atom. The Balaban J connectivity index is 1.68. The molecule has 4 aromatic rings. The van der Waals surface area contributed by atoms with Gasteiger partial charge in [0.2, 0.25) is 5.58 Å². The number of halogens is 1. The number of oxazole rings is 1. The number of nitrogens with zero attached hydrogens (tertiary/aromatic N) is 3. The Morgan fingerprint density at radius 1 is 1.16 bits per heavy atom. The van der Waals surface area contributed by atoms with E-state index in [1.54, 1.807) is 35.2 Å². The molecule has 1 aliphatic heterocycles. The predicted octanol–water partition coefficient (Wildman–Crippen LogP) is 4.77. The van der Waals surface area contributed by atoms with Crippen molar-refractivity contribution in [2.75, 3.05) is 17.2 Å². The highest BCUT2D eigenvalue weighted by molar-refractivity contribution is 8.03. The molecule has 2 heterocycles. The maximum absolute atomic E-state index is 12.7. The lowest BCUT2D eigenvalue weighted by Gasteiger charge is -2.18. The third kappa shape index (κ3) is 5.44. The number of thioether (sulfide) groups is 1. The highest BCUT2D eigenvalue weighted by Gasteiger charge is 2.32. The zero-order valence-electron chi connectivity index (χ0n) is 19.8. The van der Waals surface area contributed by atoms with Gasteiger partial charge in [0.05, 0.1) is 27.9 Å². The van der Waals surface area contributed by atoms with Gasteiger partial charge >= 0.3 is 16.0 Å². The molecule has 198 valence electrons. The molecular formula is C24H21ClN3O7S3+. The third-order valence-corrected chi connectivity index (χ3v) is 8.93. The first kappa shape index (κ1) is 26.7. The van der Waals surface area contributed by atoms with Gasteiger partial charge in [0, 0.05) is 9.92 Å². The van der Waals surface area contributed by atoms with E-state index in [-0.39, 0.29) is 18.2 Å². The molecule has 1 atom stereocenters. The van der Waals surface area contributed by atoms with Crippen LogP contribution in [0.15, 0.2) is 73.3 Å². The summed E-state index contributed by atoms with van der Waals surface area (Å²) in [6.07, 6.45) is 1.54. The van der Waals surface area contributed by atoms with Crippen molar-refractivity contribution in [2.45, 2.75) is 17.7 Å². The lowest BCUT2D eigenvalue weighted by Crippen LogP contribution is -2.39. The first-order valence-corrected chi connectivity index (χ1v) is 15.6. The van der Waals surface area contributed by atoms with E-state index < -0.39 is 31.9 Å². The molecule has 0 spiro atoms. The second-order valence-electron chi connectivity index (χ2n) is 8.38. The molecule has 0 aliphatic carbocycles. The van der Waals surface area contributed by atoms with Gasteiger partial charge in [0.25, 0.3) is 17.3 Å². The Hall–Kier alpha value is -2.94. The van der Waals surface area contributed by atoms with Crippen LogP contribution in [0.2, 0.25) is 5.02 Å². The highest BCUT2D eigenvalue weighted by Crippen LogP contribution is 2.47. The Bertz CT molecular complexity index is 1880. The minimum absolute atomic E-state index is 0.101. The molecular weight excluding hydrogens is 574 g/mol. The van der Waals surface area contributed by atoms with Crippen molar-refractivity contribution in [2.24, 2.45) is 4.36 Å². The number of carbonyl (C=O) groups excluding carboxylic acids is 1. The van der Waals surface area contributed by atoms with E-state index in [0.29, 0.717) is 26.8 Å². The number of aromatic nitrogens is 1. The average Bonchev–Trinajstić information content (AvgIpc) is 3.35. The molecule has 0 radical (unpaired) electrons. The summed E-state index contributed by atoms with van der Waals surface area (Å²) in [5.41, 5.74) is 1.43. The Labute approximate surface area is 227 Å². The molecule has 0 fully saturated rings. The van der Waals surface area contributed by atoms with Crippen molar-refractivity contribution >= 4 is 83.0 Å². The van der Waals surface area contributed by atoms with Gasteiger partial charge in [0.15, 0.2) is 10.0 Å². The van der Waals surface area contributed by atoms with Crippen LogP contribution in [0.25, 0.3) is 27.9 Å². The van der Waals surface area contributed by atoms with Crippen LogP contribution in [0.3, 0.4) is 0 Å². The van der Waals surface area contributed by atoms with Gasteiger partial charge in [-0.25, -0.2) is 4.21 Å². The van der Waals surface area contributed by atoms with E-state index in [2.05, 4.69) is 4.36 Å². The topological polar surface area (TPSA) is 141 Å². The van der Waals surface area contributed by atoms with E-state index in [1.165, 1.54) is 23.3 Å². The molecule has 1 unspecified atom stereocenters. The zero-order chi connectivity index (χ0) is 27.2. The second kappa shape index (κ2) is 9.98. The van der Waals surface area contributed by atoms with Gasteiger partial charge in [-0.3, -0.25) is 9.35 Å². The number of anilines is 1. The Morgan fingerprint density at radius 2 is 1.92 bits per heavy atom. The summed E-state index contributed by atoms with van der Waals surface area (Å²) in [4.78, 5) is 15.0. The molecule has 1 amide bonds. The minimum Gasteiger partial charge on any atom is -0.398 e. The number of fused-ring (bicyclic) bond motifs is 4. The lowest BCUT2D eigenvalue weighted by molar-refractivity contribution is -0.657. The fourth-order valence-corrected chi connectivity index (χ4v) is 6.43. The number of hydrogen-bond donors (Lipinski definition) is 2. The van der Waals surface area contributed by atoms with Crippen molar-refractivity contribution in [3.8, 4) is 0 Å². The molecule has 0 saturated heterocycles. The zero-order valence-corrected chi connectivity index (χ0v) is 23.0. The lowest BCUT2D eigenvalue weighted by atomic mass is 10.1. The first-order valence-electron chi connectivity index (χ1n) is 11.2.